The third-order valence-electron chi connectivity index (χ3n) is 2.91. The van der Waals surface area contributed by atoms with Gasteiger partial charge < -0.3 is 10.2 Å². The van der Waals surface area contributed by atoms with Gasteiger partial charge in [0.15, 0.2) is 0 Å². The van der Waals surface area contributed by atoms with Crippen molar-refractivity contribution in [1.29, 1.82) is 0 Å². The standard InChI is InChI=1S/C11H19BrN2O2/c1-7(2)9(12)11(16)14-6-4-5-8(14)10(15)13-3/h7-9H,4-6H2,1-3H3,(H,13,15). The number of carbonyl (C=O) groups is 2. The molecule has 5 heteroatoms. The van der Waals surface area contributed by atoms with Crippen LogP contribution in [0.3, 0.4) is 0 Å². The number of amides is 2. The van der Waals surface area contributed by atoms with E-state index in [2.05, 4.69) is 21.2 Å². The second kappa shape index (κ2) is 5.66. The van der Waals surface area contributed by atoms with Gasteiger partial charge >= 0.3 is 0 Å². The molecule has 1 N–H and O–H groups in total. The minimum Gasteiger partial charge on any atom is -0.357 e. The minimum absolute atomic E-state index is 0.0288. The Hall–Kier alpha value is -0.580. The van der Waals surface area contributed by atoms with Crippen LogP contribution in [0.4, 0.5) is 0 Å². The molecule has 1 fully saturated rings. The molecule has 0 spiro atoms. The highest BCUT2D eigenvalue weighted by molar-refractivity contribution is 9.10. The number of hydrogen-bond acceptors (Lipinski definition) is 2. The maximum atomic E-state index is 12.1. The lowest BCUT2D eigenvalue weighted by Gasteiger charge is -2.27. The fourth-order valence-electron chi connectivity index (χ4n) is 1.91. The monoisotopic (exact) mass is 290 g/mol. The van der Waals surface area contributed by atoms with Crippen molar-refractivity contribution in [2.75, 3.05) is 13.6 Å². The molecule has 1 heterocycles. The summed E-state index contributed by atoms with van der Waals surface area (Å²) in [5, 5.41) is 2.61. The van der Waals surface area contributed by atoms with Crippen LogP contribution in [-0.4, -0.2) is 41.2 Å². The molecule has 1 aliphatic heterocycles. The lowest BCUT2D eigenvalue weighted by Crippen LogP contribution is -2.48. The highest BCUT2D eigenvalue weighted by Crippen LogP contribution is 2.23. The SMILES string of the molecule is CNC(=O)C1CCCN1C(=O)C(Br)C(C)C. The highest BCUT2D eigenvalue weighted by atomic mass is 79.9. The number of hydrogen-bond donors (Lipinski definition) is 1. The molecule has 1 aliphatic rings. The zero-order chi connectivity index (χ0) is 12.3. The third-order valence-corrected chi connectivity index (χ3v) is 4.36. The summed E-state index contributed by atoms with van der Waals surface area (Å²) in [5.41, 5.74) is 0. The molecular weight excluding hydrogens is 272 g/mol. The first-order valence-electron chi connectivity index (χ1n) is 5.65. The van der Waals surface area contributed by atoms with Gasteiger partial charge in [-0.2, -0.15) is 0 Å². The second-order valence-corrected chi connectivity index (χ2v) is 5.44. The first kappa shape index (κ1) is 13.5. The van der Waals surface area contributed by atoms with Crippen LogP contribution in [0.5, 0.6) is 0 Å². The molecular formula is C11H19BrN2O2. The Morgan fingerprint density at radius 2 is 2.06 bits per heavy atom. The van der Waals surface area contributed by atoms with E-state index in [0.717, 1.165) is 12.8 Å². The third kappa shape index (κ3) is 2.75. The van der Waals surface area contributed by atoms with Gasteiger partial charge in [0.05, 0.1) is 4.83 Å². The second-order valence-electron chi connectivity index (χ2n) is 4.45. The normalized spacial score (nSPS) is 22.3. The van der Waals surface area contributed by atoms with E-state index in [-0.39, 0.29) is 28.6 Å². The van der Waals surface area contributed by atoms with Gasteiger partial charge in [-0.05, 0) is 18.8 Å². The van der Waals surface area contributed by atoms with E-state index >= 15 is 0 Å². The van der Waals surface area contributed by atoms with Crippen molar-refractivity contribution in [3.63, 3.8) is 0 Å². The molecule has 0 aromatic heterocycles. The van der Waals surface area contributed by atoms with Crippen molar-refractivity contribution in [1.82, 2.24) is 10.2 Å². The molecule has 0 aliphatic carbocycles. The van der Waals surface area contributed by atoms with E-state index in [1.54, 1.807) is 11.9 Å². The summed E-state index contributed by atoms with van der Waals surface area (Å²) in [6.45, 7) is 4.66. The van der Waals surface area contributed by atoms with E-state index in [9.17, 15) is 9.59 Å². The number of nitrogens with zero attached hydrogens (tertiary/aromatic N) is 1. The summed E-state index contributed by atoms with van der Waals surface area (Å²) >= 11 is 3.39. The molecule has 0 aromatic rings. The Morgan fingerprint density at radius 1 is 1.44 bits per heavy atom. The van der Waals surface area contributed by atoms with Crippen LogP contribution in [0.2, 0.25) is 0 Å². The van der Waals surface area contributed by atoms with Gasteiger partial charge in [-0.15, -0.1) is 0 Å². The molecule has 16 heavy (non-hydrogen) atoms. The molecule has 1 rings (SSSR count). The van der Waals surface area contributed by atoms with Crippen molar-refractivity contribution in [2.24, 2.45) is 5.92 Å². The molecule has 1 saturated heterocycles. The first-order valence-corrected chi connectivity index (χ1v) is 6.56. The van der Waals surface area contributed by atoms with Crippen molar-refractivity contribution < 1.29 is 9.59 Å². The van der Waals surface area contributed by atoms with Gasteiger partial charge in [0.25, 0.3) is 0 Å². The van der Waals surface area contributed by atoms with Crippen molar-refractivity contribution >= 4 is 27.7 Å². The minimum atomic E-state index is -0.281. The predicted molar refractivity (Wildman–Crippen MR) is 66.4 cm³/mol. The molecule has 2 atom stereocenters. The zero-order valence-corrected chi connectivity index (χ0v) is 11.6. The molecule has 2 unspecified atom stereocenters. The Labute approximate surface area is 105 Å². The molecule has 92 valence electrons. The maximum absolute atomic E-state index is 12.1. The number of likely N-dealkylation sites (N-methyl/N-ethyl adjacent to an activating group) is 1. The molecule has 4 nitrogen and oxygen atoms in total. The Morgan fingerprint density at radius 3 is 2.56 bits per heavy atom. The summed E-state index contributed by atoms with van der Waals surface area (Å²) in [6.07, 6.45) is 1.67. The van der Waals surface area contributed by atoms with Crippen LogP contribution in [0.15, 0.2) is 0 Å². The number of nitrogens with one attached hydrogen (secondary N) is 1. The summed E-state index contributed by atoms with van der Waals surface area (Å²) < 4.78 is 0. The van der Waals surface area contributed by atoms with Crippen LogP contribution < -0.4 is 5.32 Å². The molecule has 0 saturated carbocycles. The lowest BCUT2D eigenvalue weighted by atomic mass is 10.1. The van der Waals surface area contributed by atoms with Gasteiger partial charge in [-0.25, -0.2) is 0 Å². The van der Waals surface area contributed by atoms with Gasteiger partial charge in [0.2, 0.25) is 11.8 Å². The topological polar surface area (TPSA) is 49.4 Å². The molecule has 0 radical (unpaired) electrons. The highest BCUT2D eigenvalue weighted by Gasteiger charge is 2.36. The number of likely N-dealkylation sites (tertiary alicyclic amines) is 1. The number of rotatable bonds is 3. The number of halogens is 1. The van der Waals surface area contributed by atoms with E-state index in [0.29, 0.717) is 6.54 Å². The Balaban J connectivity index is 2.71. The summed E-state index contributed by atoms with van der Waals surface area (Å²) in [6, 6.07) is -0.281. The predicted octanol–water partition coefficient (Wildman–Crippen LogP) is 1.14. The van der Waals surface area contributed by atoms with Gasteiger partial charge in [-0.3, -0.25) is 9.59 Å². The van der Waals surface area contributed by atoms with Crippen molar-refractivity contribution in [3.8, 4) is 0 Å². The molecule has 0 aromatic carbocycles. The molecule has 0 bridgehead atoms. The van der Waals surface area contributed by atoms with Crippen LogP contribution in [0, 0.1) is 5.92 Å². The summed E-state index contributed by atoms with van der Waals surface area (Å²) in [4.78, 5) is 25.2. The average Bonchev–Trinajstić information content (AvgIpc) is 2.74. The number of carbonyl (C=O) groups excluding carboxylic acids is 2. The van der Waals surface area contributed by atoms with Crippen molar-refractivity contribution in [2.45, 2.75) is 37.6 Å². The summed E-state index contributed by atoms with van der Waals surface area (Å²) in [7, 11) is 1.61. The Kier molecular flexibility index (Phi) is 4.77. The van der Waals surface area contributed by atoms with E-state index in [1.165, 1.54) is 0 Å². The van der Waals surface area contributed by atoms with Gasteiger partial charge in [-0.1, -0.05) is 29.8 Å². The van der Waals surface area contributed by atoms with E-state index in [4.69, 9.17) is 0 Å². The summed E-state index contributed by atoms with van der Waals surface area (Å²) in [5.74, 6) is 0.203. The first-order chi connectivity index (χ1) is 7.49. The quantitative estimate of drug-likeness (QED) is 0.793. The fraction of sp³-hybridized carbons (Fsp3) is 0.818. The van der Waals surface area contributed by atoms with Gasteiger partial charge in [0.1, 0.15) is 6.04 Å². The lowest BCUT2D eigenvalue weighted by molar-refractivity contribution is -0.138. The Bertz CT molecular complexity index is 281. The largest absolute Gasteiger partial charge is 0.357 e. The maximum Gasteiger partial charge on any atom is 0.242 e. The van der Waals surface area contributed by atoms with Crippen molar-refractivity contribution in [3.05, 3.63) is 0 Å². The van der Waals surface area contributed by atoms with Crippen LogP contribution in [0.1, 0.15) is 26.7 Å². The fourth-order valence-corrected chi connectivity index (χ4v) is 2.18. The van der Waals surface area contributed by atoms with E-state index < -0.39 is 0 Å². The molecule has 2 amide bonds. The van der Waals surface area contributed by atoms with Crippen LogP contribution >= 0.6 is 15.9 Å². The van der Waals surface area contributed by atoms with Crippen LogP contribution in [-0.2, 0) is 9.59 Å². The van der Waals surface area contributed by atoms with E-state index in [1.807, 2.05) is 13.8 Å². The zero-order valence-electron chi connectivity index (χ0n) is 10.00. The van der Waals surface area contributed by atoms with Gasteiger partial charge in [0, 0.05) is 13.6 Å². The average molecular weight is 291 g/mol. The van der Waals surface area contributed by atoms with Crippen LogP contribution in [0.25, 0.3) is 0 Å². The number of alkyl halides is 1. The smallest absolute Gasteiger partial charge is 0.242 e.